The summed E-state index contributed by atoms with van der Waals surface area (Å²) in [7, 11) is 1.85. The number of aromatic nitrogens is 2. The Morgan fingerprint density at radius 2 is 2.13 bits per heavy atom. The molecule has 1 fully saturated rings. The maximum Gasteiger partial charge on any atom is 0.260 e. The summed E-state index contributed by atoms with van der Waals surface area (Å²) in [5.74, 6) is 1.61. The molecule has 1 aliphatic rings. The Morgan fingerprint density at radius 1 is 1.39 bits per heavy atom. The number of amides is 1. The molecule has 0 spiro atoms. The minimum absolute atomic E-state index is 0. The summed E-state index contributed by atoms with van der Waals surface area (Å²) in [6.45, 7) is 0.283. The fourth-order valence-corrected chi connectivity index (χ4v) is 3.00. The second-order valence-corrected chi connectivity index (χ2v) is 5.87. The summed E-state index contributed by atoms with van der Waals surface area (Å²) in [5, 5.41) is 7.45. The molecule has 126 valence electrons. The zero-order chi connectivity index (χ0) is 15.5. The van der Waals surface area contributed by atoms with Crippen LogP contribution in [0.25, 0.3) is 0 Å². The number of anilines is 1. The summed E-state index contributed by atoms with van der Waals surface area (Å²) in [5.41, 5.74) is 7.04. The zero-order valence-corrected chi connectivity index (χ0v) is 14.1. The van der Waals surface area contributed by atoms with Crippen molar-refractivity contribution in [3.8, 4) is 0 Å². The summed E-state index contributed by atoms with van der Waals surface area (Å²) >= 11 is 0. The molecule has 0 aliphatic heterocycles. The lowest BCUT2D eigenvalue weighted by molar-refractivity contribution is 0.102. The molecule has 1 amide bonds. The van der Waals surface area contributed by atoms with Crippen LogP contribution in [0.5, 0.6) is 0 Å². The minimum Gasteiger partial charge on any atom is -0.467 e. The van der Waals surface area contributed by atoms with Crippen molar-refractivity contribution in [2.45, 2.75) is 44.6 Å². The molecule has 0 radical (unpaired) electrons. The predicted octanol–water partition coefficient (Wildman–Crippen LogP) is 3.19. The summed E-state index contributed by atoms with van der Waals surface area (Å²) in [4.78, 5) is 12.2. The Morgan fingerprint density at radius 3 is 2.78 bits per heavy atom. The summed E-state index contributed by atoms with van der Waals surface area (Å²) < 4.78 is 6.92. The molecule has 0 bridgehead atoms. The SMILES string of the molecule is Cl.Cn1nc(C2CCCCC2)cc1NC(=O)c1coc(CN)c1. The Bertz CT molecular complexity index is 659. The largest absolute Gasteiger partial charge is 0.467 e. The molecule has 0 atom stereocenters. The van der Waals surface area contributed by atoms with Gasteiger partial charge in [0.25, 0.3) is 5.91 Å². The van der Waals surface area contributed by atoms with Crippen molar-refractivity contribution < 1.29 is 9.21 Å². The molecule has 0 unspecified atom stereocenters. The zero-order valence-electron chi connectivity index (χ0n) is 13.2. The second-order valence-electron chi connectivity index (χ2n) is 5.87. The molecule has 0 aromatic carbocycles. The molecular formula is C16H23ClN4O2. The average Bonchev–Trinajstić information content (AvgIpc) is 3.15. The molecule has 1 saturated carbocycles. The lowest BCUT2D eigenvalue weighted by Gasteiger charge is -2.19. The normalized spacial score (nSPS) is 15.2. The van der Waals surface area contributed by atoms with Gasteiger partial charge in [-0.2, -0.15) is 5.10 Å². The van der Waals surface area contributed by atoms with E-state index in [2.05, 4.69) is 10.4 Å². The number of hydrogen-bond acceptors (Lipinski definition) is 4. The Hall–Kier alpha value is -1.79. The number of halogens is 1. The van der Waals surface area contributed by atoms with Crippen LogP contribution in [0, 0.1) is 0 Å². The van der Waals surface area contributed by atoms with Crippen LogP contribution in [0.15, 0.2) is 22.8 Å². The van der Waals surface area contributed by atoms with Gasteiger partial charge in [-0.1, -0.05) is 19.3 Å². The smallest absolute Gasteiger partial charge is 0.260 e. The molecule has 0 saturated heterocycles. The van der Waals surface area contributed by atoms with E-state index < -0.39 is 0 Å². The van der Waals surface area contributed by atoms with Crippen molar-refractivity contribution in [1.82, 2.24) is 9.78 Å². The highest BCUT2D eigenvalue weighted by molar-refractivity contribution is 6.03. The maximum absolute atomic E-state index is 12.2. The molecular weight excluding hydrogens is 316 g/mol. The van der Waals surface area contributed by atoms with Crippen molar-refractivity contribution in [3.63, 3.8) is 0 Å². The van der Waals surface area contributed by atoms with E-state index in [9.17, 15) is 4.79 Å². The molecule has 7 heteroatoms. The van der Waals surface area contributed by atoms with E-state index >= 15 is 0 Å². The number of rotatable bonds is 4. The molecule has 2 aromatic rings. The Balaban J connectivity index is 0.00000192. The lowest BCUT2D eigenvalue weighted by atomic mass is 9.87. The molecule has 6 nitrogen and oxygen atoms in total. The van der Waals surface area contributed by atoms with Gasteiger partial charge in [-0.05, 0) is 18.9 Å². The first-order valence-corrected chi connectivity index (χ1v) is 7.80. The first-order chi connectivity index (χ1) is 10.7. The fraction of sp³-hybridized carbons (Fsp3) is 0.500. The van der Waals surface area contributed by atoms with Crippen LogP contribution in [0.3, 0.4) is 0 Å². The number of nitrogens with zero attached hydrogens (tertiary/aromatic N) is 2. The topological polar surface area (TPSA) is 86.1 Å². The number of nitrogens with two attached hydrogens (primary N) is 1. The van der Waals surface area contributed by atoms with E-state index in [0.717, 1.165) is 5.69 Å². The third kappa shape index (κ3) is 3.95. The van der Waals surface area contributed by atoms with E-state index in [0.29, 0.717) is 23.1 Å². The minimum atomic E-state index is -0.207. The van der Waals surface area contributed by atoms with Gasteiger partial charge in [0.15, 0.2) is 0 Å². The Kier molecular flexibility index (Phi) is 5.85. The van der Waals surface area contributed by atoms with Crippen molar-refractivity contribution in [3.05, 3.63) is 35.4 Å². The van der Waals surface area contributed by atoms with Crippen molar-refractivity contribution in [1.29, 1.82) is 0 Å². The standard InChI is InChI=1S/C16H22N4O2.ClH/c1-20-15(8-14(19-20)11-5-3-2-4-6-11)18-16(21)12-7-13(9-17)22-10-12;/h7-8,10-11H,2-6,9,17H2,1H3,(H,18,21);1H. The highest BCUT2D eigenvalue weighted by Crippen LogP contribution is 2.32. The monoisotopic (exact) mass is 338 g/mol. The number of nitrogens with one attached hydrogen (secondary N) is 1. The number of hydrogen-bond donors (Lipinski definition) is 2. The molecule has 1 aliphatic carbocycles. The summed E-state index contributed by atoms with van der Waals surface area (Å²) in [6.07, 6.45) is 7.64. The lowest BCUT2D eigenvalue weighted by Crippen LogP contribution is -2.13. The van der Waals surface area contributed by atoms with Gasteiger partial charge in [0.05, 0.1) is 17.8 Å². The van der Waals surface area contributed by atoms with Crippen LogP contribution >= 0.6 is 12.4 Å². The molecule has 2 aromatic heterocycles. The van der Waals surface area contributed by atoms with Crippen LogP contribution < -0.4 is 11.1 Å². The van der Waals surface area contributed by atoms with Gasteiger partial charge in [-0.3, -0.25) is 9.48 Å². The Labute approximate surface area is 141 Å². The van der Waals surface area contributed by atoms with Crippen molar-refractivity contribution >= 4 is 24.1 Å². The highest BCUT2D eigenvalue weighted by Gasteiger charge is 2.20. The van der Waals surface area contributed by atoms with Gasteiger partial charge in [-0.25, -0.2) is 0 Å². The third-order valence-electron chi connectivity index (χ3n) is 4.28. The van der Waals surface area contributed by atoms with Crippen LogP contribution in [0.4, 0.5) is 5.82 Å². The van der Waals surface area contributed by atoms with Gasteiger partial charge < -0.3 is 15.5 Å². The van der Waals surface area contributed by atoms with Crippen LogP contribution in [-0.4, -0.2) is 15.7 Å². The fourth-order valence-electron chi connectivity index (χ4n) is 3.00. The number of aryl methyl sites for hydroxylation is 1. The highest BCUT2D eigenvalue weighted by atomic mass is 35.5. The molecule has 23 heavy (non-hydrogen) atoms. The van der Waals surface area contributed by atoms with Crippen LogP contribution in [-0.2, 0) is 13.6 Å². The first-order valence-electron chi connectivity index (χ1n) is 7.80. The number of furan rings is 1. The molecule has 3 rings (SSSR count). The van der Waals surface area contributed by atoms with Gasteiger partial charge in [-0.15, -0.1) is 12.4 Å². The van der Waals surface area contributed by atoms with E-state index in [4.69, 9.17) is 10.2 Å². The summed E-state index contributed by atoms with van der Waals surface area (Å²) in [6, 6.07) is 3.64. The first kappa shape index (κ1) is 17.6. The predicted molar refractivity (Wildman–Crippen MR) is 90.8 cm³/mol. The van der Waals surface area contributed by atoms with Gasteiger partial charge in [0.1, 0.15) is 17.8 Å². The molecule has 3 N–H and O–H groups in total. The maximum atomic E-state index is 12.2. The van der Waals surface area contributed by atoms with Gasteiger partial charge in [0, 0.05) is 19.0 Å². The van der Waals surface area contributed by atoms with Crippen molar-refractivity contribution in [2.75, 3.05) is 5.32 Å². The number of carbonyl (C=O) groups excluding carboxylic acids is 1. The van der Waals surface area contributed by atoms with Gasteiger partial charge >= 0.3 is 0 Å². The second kappa shape index (κ2) is 7.66. The van der Waals surface area contributed by atoms with Crippen molar-refractivity contribution in [2.24, 2.45) is 12.8 Å². The number of carbonyl (C=O) groups is 1. The van der Waals surface area contributed by atoms with Gasteiger partial charge in [0.2, 0.25) is 0 Å². The van der Waals surface area contributed by atoms with E-state index in [-0.39, 0.29) is 24.9 Å². The third-order valence-corrected chi connectivity index (χ3v) is 4.28. The van der Waals surface area contributed by atoms with E-state index in [1.54, 1.807) is 10.7 Å². The quantitative estimate of drug-likeness (QED) is 0.896. The van der Waals surface area contributed by atoms with E-state index in [1.165, 1.54) is 38.4 Å². The average molecular weight is 339 g/mol. The van der Waals surface area contributed by atoms with E-state index in [1.807, 2.05) is 13.1 Å². The molecule has 2 heterocycles. The van der Waals surface area contributed by atoms with Crippen LogP contribution in [0.2, 0.25) is 0 Å². The van der Waals surface area contributed by atoms with Crippen LogP contribution in [0.1, 0.15) is 59.8 Å².